The molecule has 10 heteroatoms. The first-order chi connectivity index (χ1) is 19.8. The number of amides is 3. The summed E-state index contributed by atoms with van der Waals surface area (Å²) in [6, 6.07) is 5.92. The molecule has 0 saturated carbocycles. The Bertz CT molecular complexity index is 955. The van der Waals surface area contributed by atoms with Crippen LogP contribution in [0.4, 0.5) is 0 Å². The van der Waals surface area contributed by atoms with E-state index in [1.165, 1.54) is 0 Å². The number of ether oxygens (including phenoxy) is 2. The van der Waals surface area contributed by atoms with Crippen LogP contribution in [0.15, 0.2) is 24.3 Å². The van der Waals surface area contributed by atoms with Crippen molar-refractivity contribution in [1.82, 2.24) is 16.0 Å². The molecule has 6 N–H and O–H groups in total. The standard InChI is InChI=1S/C32H56N4O6/c1-20(2)23(19-35-30(38)24-13-9-10-14-28(24)42-16-12-11-15-41-8)17-26(33)27(37)18-25(21(3)4)31(39)36-29(22(5)6)32(40)34-7/h9-10,13-14,20-23,25-27,29,37H,11-12,15-19,33H2,1-8H3,(H,34,40)(H,35,38)(H,36,39). The summed E-state index contributed by atoms with van der Waals surface area (Å²) in [7, 11) is 3.21. The lowest BCUT2D eigenvalue weighted by atomic mass is 9.83. The van der Waals surface area contributed by atoms with Gasteiger partial charge in [0.15, 0.2) is 0 Å². The number of hydrogen-bond acceptors (Lipinski definition) is 7. The number of methoxy groups -OCH3 is 1. The van der Waals surface area contributed by atoms with Crippen LogP contribution in [-0.2, 0) is 14.3 Å². The summed E-state index contributed by atoms with van der Waals surface area (Å²) >= 11 is 0. The van der Waals surface area contributed by atoms with Gasteiger partial charge in [-0.05, 0) is 61.5 Å². The predicted molar refractivity (Wildman–Crippen MR) is 166 cm³/mol. The fourth-order valence-corrected chi connectivity index (χ4v) is 4.80. The molecule has 0 aliphatic carbocycles. The molecular formula is C32H56N4O6. The summed E-state index contributed by atoms with van der Waals surface area (Å²) in [4.78, 5) is 38.5. The number of para-hydroxylation sites is 1. The molecule has 0 saturated heterocycles. The van der Waals surface area contributed by atoms with Gasteiger partial charge in [0.25, 0.3) is 5.91 Å². The van der Waals surface area contributed by atoms with Gasteiger partial charge in [-0.25, -0.2) is 0 Å². The maximum absolute atomic E-state index is 13.2. The summed E-state index contributed by atoms with van der Waals surface area (Å²) in [6.07, 6.45) is 1.42. The normalized spacial score (nSPS) is 15.2. The van der Waals surface area contributed by atoms with Gasteiger partial charge in [-0.15, -0.1) is 0 Å². The van der Waals surface area contributed by atoms with Crippen molar-refractivity contribution in [2.24, 2.45) is 35.3 Å². The van der Waals surface area contributed by atoms with Gasteiger partial charge < -0.3 is 36.3 Å². The molecule has 0 bridgehead atoms. The summed E-state index contributed by atoms with van der Waals surface area (Å²) in [5.41, 5.74) is 6.94. The first-order valence-corrected chi connectivity index (χ1v) is 15.3. The molecule has 1 aromatic rings. The van der Waals surface area contributed by atoms with Crippen molar-refractivity contribution < 1.29 is 29.0 Å². The maximum atomic E-state index is 13.2. The number of unbranched alkanes of at least 4 members (excludes halogenated alkanes) is 1. The lowest BCUT2D eigenvalue weighted by Crippen LogP contribution is -2.52. The number of carbonyl (C=O) groups is 3. The Kier molecular flexibility index (Phi) is 17.3. The van der Waals surface area contributed by atoms with E-state index in [0.717, 1.165) is 12.8 Å². The van der Waals surface area contributed by atoms with E-state index in [0.29, 0.717) is 37.5 Å². The van der Waals surface area contributed by atoms with Gasteiger partial charge in [-0.3, -0.25) is 14.4 Å². The maximum Gasteiger partial charge on any atom is 0.255 e. The number of carbonyl (C=O) groups excluding carboxylic acids is 3. The fraction of sp³-hybridized carbons (Fsp3) is 0.719. The minimum atomic E-state index is -0.926. The molecule has 5 atom stereocenters. The number of hydrogen-bond donors (Lipinski definition) is 5. The van der Waals surface area contributed by atoms with E-state index in [2.05, 4.69) is 29.8 Å². The molecule has 10 nitrogen and oxygen atoms in total. The third-order valence-electron chi connectivity index (χ3n) is 7.80. The van der Waals surface area contributed by atoms with E-state index in [1.54, 1.807) is 32.4 Å². The lowest BCUT2D eigenvalue weighted by molar-refractivity contribution is -0.133. The zero-order valence-electron chi connectivity index (χ0n) is 26.9. The summed E-state index contributed by atoms with van der Waals surface area (Å²) in [5.74, 6) is -0.682. The molecule has 42 heavy (non-hydrogen) atoms. The zero-order chi connectivity index (χ0) is 31.8. The molecule has 1 aromatic carbocycles. The second kappa shape index (κ2) is 19.5. The minimum absolute atomic E-state index is 0.00521. The Morgan fingerprint density at radius 1 is 0.905 bits per heavy atom. The molecule has 1 rings (SSSR count). The van der Waals surface area contributed by atoms with Crippen molar-refractivity contribution >= 4 is 17.7 Å². The van der Waals surface area contributed by atoms with E-state index in [9.17, 15) is 19.5 Å². The highest BCUT2D eigenvalue weighted by Crippen LogP contribution is 2.24. The first-order valence-electron chi connectivity index (χ1n) is 15.3. The average molecular weight is 593 g/mol. The Hall–Kier alpha value is -2.69. The highest BCUT2D eigenvalue weighted by Gasteiger charge is 2.32. The van der Waals surface area contributed by atoms with E-state index in [-0.39, 0.29) is 47.8 Å². The topological polar surface area (TPSA) is 152 Å². The van der Waals surface area contributed by atoms with Crippen molar-refractivity contribution in [3.63, 3.8) is 0 Å². The van der Waals surface area contributed by atoms with Crippen LogP contribution in [0, 0.1) is 29.6 Å². The van der Waals surface area contributed by atoms with Crippen LogP contribution in [0.25, 0.3) is 0 Å². The first kappa shape index (κ1) is 37.3. The molecule has 0 heterocycles. The predicted octanol–water partition coefficient (Wildman–Crippen LogP) is 3.12. The van der Waals surface area contributed by atoms with Crippen LogP contribution < -0.4 is 26.4 Å². The third kappa shape index (κ3) is 12.7. The van der Waals surface area contributed by atoms with Gasteiger partial charge in [0.1, 0.15) is 11.8 Å². The van der Waals surface area contributed by atoms with Crippen molar-refractivity contribution in [2.45, 2.75) is 85.4 Å². The highest BCUT2D eigenvalue weighted by atomic mass is 16.5. The lowest BCUT2D eigenvalue weighted by Gasteiger charge is -2.31. The van der Waals surface area contributed by atoms with Crippen LogP contribution >= 0.6 is 0 Å². The molecule has 240 valence electrons. The number of nitrogens with one attached hydrogen (secondary N) is 3. The number of aliphatic hydroxyl groups excluding tert-OH is 1. The van der Waals surface area contributed by atoms with Gasteiger partial charge in [0.2, 0.25) is 11.8 Å². The Morgan fingerprint density at radius 3 is 2.12 bits per heavy atom. The second-order valence-corrected chi connectivity index (χ2v) is 12.2. The van der Waals surface area contributed by atoms with Crippen LogP contribution in [0.5, 0.6) is 5.75 Å². The summed E-state index contributed by atoms with van der Waals surface area (Å²) < 4.78 is 10.9. The molecule has 5 unspecified atom stereocenters. The van der Waals surface area contributed by atoms with E-state index < -0.39 is 24.1 Å². The fourth-order valence-electron chi connectivity index (χ4n) is 4.80. The molecule has 0 radical (unpaired) electrons. The number of aliphatic hydroxyl groups is 1. The monoisotopic (exact) mass is 592 g/mol. The Labute approximate surface area is 252 Å². The number of benzene rings is 1. The third-order valence-corrected chi connectivity index (χ3v) is 7.80. The zero-order valence-corrected chi connectivity index (χ0v) is 26.9. The van der Waals surface area contributed by atoms with Crippen LogP contribution in [0.1, 0.15) is 77.6 Å². The van der Waals surface area contributed by atoms with Crippen molar-refractivity contribution in [1.29, 1.82) is 0 Å². The molecular weight excluding hydrogens is 536 g/mol. The van der Waals surface area contributed by atoms with Gasteiger partial charge in [0.05, 0.1) is 18.3 Å². The molecule has 3 amide bonds. The van der Waals surface area contributed by atoms with Gasteiger partial charge >= 0.3 is 0 Å². The van der Waals surface area contributed by atoms with E-state index in [4.69, 9.17) is 15.2 Å². The van der Waals surface area contributed by atoms with Gasteiger partial charge in [-0.2, -0.15) is 0 Å². The summed E-state index contributed by atoms with van der Waals surface area (Å²) in [6.45, 7) is 13.2. The van der Waals surface area contributed by atoms with E-state index >= 15 is 0 Å². The molecule has 0 spiro atoms. The molecule has 0 aliphatic rings. The number of nitrogens with two attached hydrogens (primary N) is 1. The van der Waals surface area contributed by atoms with Gasteiger partial charge in [0, 0.05) is 39.3 Å². The Balaban J connectivity index is 2.80. The quantitative estimate of drug-likeness (QED) is 0.146. The average Bonchev–Trinajstić information content (AvgIpc) is 2.95. The second-order valence-electron chi connectivity index (χ2n) is 12.2. The highest BCUT2D eigenvalue weighted by molar-refractivity contribution is 5.96. The molecule has 0 aromatic heterocycles. The molecule has 0 fully saturated rings. The van der Waals surface area contributed by atoms with E-state index in [1.807, 2.05) is 33.8 Å². The smallest absolute Gasteiger partial charge is 0.255 e. The largest absolute Gasteiger partial charge is 0.493 e. The number of rotatable bonds is 20. The minimum Gasteiger partial charge on any atom is -0.493 e. The van der Waals surface area contributed by atoms with Crippen LogP contribution in [-0.4, -0.2) is 74.9 Å². The van der Waals surface area contributed by atoms with Crippen LogP contribution in [0.2, 0.25) is 0 Å². The van der Waals surface area contributed by atoms with Crippen molar-refractivity contribution in [3.05, 3.63) is 29.8 Å². The molecule has 0 aliphatic heterocycles. The number of likely N-dealkylation sites (N-methyl/N-ethyl adjacent to an activating group) is 1. The van der Waals surface area contributed by atoms with Crippen molar-refractivity contribution in [3.8, 4) is 5.75 Å². The SMILES string of the molecule is CNC(=O)C(NC(=O)C(CC(O)C(N)CC(CNC(=O)c1ccccc1OCCCCOC)C(C)C)C(C)C)C(C)C. The van der Waals surface area contributed by atoms with Gasteiger partial charge in [-0.1, -0.05) is 53.7 Å². The Morgan fingerprint density at radius 2 is 1.55 bits per heavy atom. The summed E-state index contributed by atoms with van der Waals surface area (Å²) in [5, 5.41) is 19.5. The van der Waals surface area contributed by atoms with Crippen LogP contribution in [0.3, 0.4) is 0 Å². The van der Waals surface area contributed by atoms with Crippen molar-refractivity contribution in [2.75, 3.05) is 33.9 Å².